The lowest BCUT2D eigenvalue weighted by atomic mass is 9.84. The van der Waals surface area contributed by atoms with Crippen LogP contribution >= 0.6 is 0 Å². The van der Waals surface area contributed by atoms with Crippen molar-refractivity contribution >= 4 is 16.0 Å². The Bertz CT molecular complexity index is 1210. The maximum atomic E-state index is 13.1. The normalized spacial score (nSPS) is 17.9. The number of carbonyl (C=O) groups excluding carboxylic acids is 1. The third-order valence-electron chi connectivity index (χ3n) is 5.90. The third-order valence-corrected chi connectivity index (χ3v) is 7.81. The minimum absolute atomic E-state index is 0.215. The van der Waals surface area contributed by atoms with Gasteiger partial charge in [-0.15, -0.1) is 0 Å². The van der Waals surface area contributed by atoms with E-state index in [-0.39, 0.29) is 24.0 Å². The number of carbonyl (C=O) groups is 1. The Morgan fingerprint density at radius 3 is 2.13 bits per heavy atom. The third kappa shape index (κ3) is 3.49. The first-order chi connectivity index (χ1) is 15.0. The first-order valence-electron chi connectivity index (χ1n) is 10.1. The molecule has 0 N–H and O–H groups in total. The molecule has 7 heteroatoms. The summed E-state index contributed by atoms with van der Waals surface area (Å²) in [6.45, 7) is 0.568. The van der Waals surface area contributed by atoms with E-state index in [1.54, 1.807) is 30.3 Å². The van der Waals surface area contributed by atoms with Gasteiger partial charge in [-0.25, -0.2) is 13.2 Å². The zero-order valence-electron chi connectivity index (χ0n) is 16.7. The molecule has 2 aliphatic heterocycles. The largest absolute Gasteiger partial charge is 0.457 e. The van der Waals surface area contributed by atoms with Gasteiger partial charge in [-0.1, -0.05) is 36.4 Å². The second-order valence-corrected chi connectivity index (χ2v) is 9.66. The van der Waals surface area contributed by atoms with E-state index in [0.717, 1.165) is 5.56 Å². The molecule has 6 nitrogen and oxygen atoms in total. The predicted molar refractivity (Wildman–Crippen MR) is 114 cm³/mol. The van der Waals surface area contributed by atoms with Crippen LogP contribution in [0.1, 0.15) is 28.8 Å². The van der Waals surface area contributed by atoms with Crippen molar-refractivity contribution in [3.8, 4) is 11.5 Å². The van der Waals surface area contributed by atoms with Crippen LogP contribution in [-0.2, 0) is 20.4 Å². The molecule has 0 atom stereocenters. The molecule has 1 fully saturated rings. The molecule has 158 valence electrons. The number of benzene rings is 3. The van der Waals surface area contributed by atoms with Crippen LogP contribution < -0.4 is 4.74 Å². The Hall–Kier alpha value is -3.16. The molecule has 5 rings (SSSR count). The van der Waals surface area contributed by atoms with Crippen LogP contribution in [0.4, 0.5) is 0 Å². The summed E-state index contributed by atoms with van der Waals surface area (Å²) in [4.78, 5) is 12.5. The number of esters is 1. The van der Waals surface area contributed by atoms with Gasteiger partial charge in [0.25, 0.3) is 0 Å². The number of sulfonamides is 1. The van der Waals surface area contributed by atoms with Crippen LogP contribution in [-0.4, -0.2) is 31.8 Å². The second kappa shape index (κ2) is 7.51. The first kappa shape index (κ1) is 19.8. The van der Waals surface area contributed by atoms with Gasteiger partial charge in [0, 0.05) is 31.5 Å². The zero-order chi connectivity index (χ0) is 21.5. The lowest BCUT2D eigenvalue weighted by molar-refractivity contribution is -0.0329. The van der Waals surface area contributed by atoms with Crippen LogP contribution in [0, 0.1) is 0 Å². The van der Waals surface area contributed by atoms with Crippen LogP contribution in [0.3, 0.4) is 0 Å². The van der Waals surface area contributed by atoms with Crippen molar-refractivity contribution in [3.63, 3.8) is 0 Å². The average Bonchev–Trinajstić information content (AvgIpc) is 3.07. The van der Waals surface area contributed by atoms with Crippen LogP contribution in [0.5, 0.6) is 11.5 Å². The summed E-state index contributed by atoms with van der Waals surface area (Å²) in [6, 6.07) is 23.1. The van der Waals surface area contributed by atoms with Crippen LogP contribution in [0.25, 0.3) is 0 Å². The Balaban J connectivity index is 1.31. The van der Waals surface area contributed by atoms with Crippen molar-refractivity contribution < 1.29 is 22.7 Å². The maximum absolute atomic E-state index is 13.1. The molecule has 31 heavy (non-hydrogen) atoms. The van der Waals surface area contributed by atoms with E-state index in [2.05, 4.69) is 0 Å². The fourth-order valence-corrected chi connectivity index (χ4v) is 5.70. The quantitative estimate of drug-likeness (QED) is 0.571. The van der Waals surface area contributed by atoms with Gasteiger partial charge in [0.15, 0.2) is 0 Å². The molecule has 0 saturated carbocycles. The molecule has 0 radical (unpaired) electrons. The number of rotatable bonds is 4. The molecule has 0 unspecified atom stereocenters. The minimum Gasteiger partial charge on any atom is -0.457 e. The standard InChI is InChI=1S/C24H21NO5S/c26-23-21-8-4-5-9-22(21)24(30-23)14-16-25(17-15-24)31(27,28)20-12-10-19(11-13-20)29-18-6-2-1-3-7-18/h1-13H,14-17H2. The summed E-state index contributed by atoms with van der Waals surface area (Å²) in [5, 5.41) is 0. The summed E-state index contributed by atoms with van der Waals surface area (Å²) >= 11 is 0. The molecule has 3 aromatic carbocycles. The summed E-state index contributed by atoms with van der Waals surface area (Å²) in [6.07, 6.45) is 0.869. The van der Waals surface area contributed by atoms with Gasteiger partial charge in [0.2, 0.25) is 10.0 Å². The summed E-state index contributed by atoms with van der Waals surface area (Å²) < 4.78 is 39.2. The van der Waals surface area contributed by atoms with Gasteiger partial charge in [0.05, 0.1) is 10.5 Å². The minimum atomic E-state index is -3.65. The van der Waals surface area contributed by atoms with Crippen molar-refractivity contribution in [2.45, 2.75) is 23.3 Å². The molecular weight excluding hydrogens is 414 g/mol. The SMILES string of the molecule is O=C1OC2(CCN(S(=O)(=O)c3ccc(Oc4ccccc4)cc3)CC2)c2ccccc21. The number of piperidine rings is 1. The zero-order valence-corrected chi connectivity index (χ0v) is 17.5. The Kier molecular flexibility index (Phi) is 4.79. The number of nitrogens with zero attached hydrogens (tertiary/aromatic N) is 1. The van der Waals surface area contributed by atoms with Crippen molar-refractivity contribution in [2.75, 3.05) is 13.1 Å². The molecule has 0 aromatic heterocycles. The van der Waals surface area contributed by atoms with Crippen molar-refractivity contribution in [1.29, 1.82) is 0 Å². The lowest BCUT2D eigenvalue weighted by Crippen LogP contribution is -2.45. The molecule has 0 aliphatic carbocycles. The molecule has 2 heterocycles. The summed E-state index contributed by atoms with van der Waals surface area (Å²) in [7, 11) is -3.65. The Labute approximate surface area is 181 Å². The fourth-order valence-electron chi connectivity index (χ4n) is 4.26. The molecule has 3 aromatic rings. The molecule has 0 bridgehead atoms. The van der Waals surface area contributed by atoms with Gasteiger partial charge >= 0.3 is 5.97 Å². The molecule has 0 amide bonds. The number of para-hydroxylation sites is 1. The Morgan fingerprint density at radius 2 is 1.42 bits per heavy atom. The predicted octanol–water partition coefficient (Wildman–Crippen LogP) is 4.33. The monoisotopic (exact) mass is 435 g/mol. The summed E-state index contributed by atoms with van der Waals surface area (Å²) in [5.74, 6) is 0.920. The molecule has 2 aliphatic rings. The smallest absolute Gasteiger partial charge is 0.339 e. The number of fused-ring (bicyclic) bond motifs is 2. The number of hydrogen-bond acceptors (Lipinski definition) is 5. The lowest BCUT2D eigenvalue weighted by Gasteiger charge is -2.37. The van der Waals surface area contributed by atoms with E-state index in [1.807, 2.05) is 48.5 Å². The van der Waals surface area contributed by atoms with E-state index >= 15 is 0 Å². The van der Waals surface area contributed by atoms with Gasteiger partial charge in [-0.2, -0.15) is 4.31 Å². The van der Waals surface area contributed by atoms with Gasteiger partial charge in [-0.3, -0.25) is 0 Å². The maximum Gasteiger partial charge on any atom is 0.339 e. The Morgan fingerprint density at radius 1 is 0.806 bits per heavy atom. The highest BCUT2D eigenvalue weighted by Crippen LogP contribution is 2.44. The second-order valence-electron chi connectivity index (χ2n) is 7.72. The van der Waals surface area contributed by atoms with E-state index in [9.17, 15) is 13.2 Å². The van der Waals surface area contributed by atoms with Crippen LogP contribution in [0.2, 0.25) is 0 Å². The van der Waals surface area contributed by atoms with Gasteiger partial charge < -0.3 is 9.47 Å². The van der Waals surface area contributed by atoms with E-state index in [4.69, 9.17) is 9.47 Å². The van der Waals surface area contributed by atoms with E-state index < -0.39 is 15.6 Å². The molecule has 1 saturated heterocycles. The van der Waals surface area contributed by atoms with Gasteiger partial charge in [-0.05, 0) is 42.5 Å². The van der Waals surface area contributed by atoms with Gasteiger partial charge in [0.1, 0.15) is 17.1 Å². The van der Waals surface area contributed by atoms with E-state index in [1.165, 1.54) is 4.31 Å². The number of ether oxygens (including phenoxy) is 2. The van der Waals surface area contributed by atoms with Crippen LogP contribution in [0.15, 0.2) is 83.8 Å². The molecular formula is C24H21NO5S. The molecule has 1 spiro atoms. The van der Waals surface area contributed by atoms with Crippen molar-refractivity contribution in [2.24, 2.45) is 0 Å². The first-order valence-corrected chi connectivity index (χ1v) is 11.6. The highest BCUT2D eigenvalue weighted by Gasteiger charge is 2.48. The van der Waals surface area contributed by atoms with Crippen molar-refractivity contribution in [1.82, 2.24) is 4.31 Å². The topological polar surface area (TPSA) is 72.9 Å². The number of hydrogen-bond donors (Lipinski definition) is 0. The van der Waals surface area contributed by atoms with E-state index in [0.29, 0.717) is 29.9 Å². The highest BCUT2D eigenvalue weighted by atomic mass is 32.2. The van der Waals surface area contributed by atoms with Crippen molar-refractivity contribution in [3.05, 3.63) is 90.0 Å². The fraction of sp³-hybridized carbons (Fsp3) is 0.208. The average molecular weight is 436 g/mol. The highest BCUT2D eigenvalue weighted by molar-refractivity contribution is 7.89. The summed E-state index contributed by atoms with van der Waals surface area (Å²) in [5.41, 5.74) is 0.708.